The summed E-state index contributed by atoms with van der Waals surface area (Å²) in [6, 6.07) is 5.65. The van der Waals surface area contributed by atoms with Crippen molar-refractivity contribution in [3.8, 4) is 12.1 Å². The molecule has 5 heteroatoms. The number of rotatable bonds is 0. The summed E-state index contributed by atoms with van der Waals surface area (Å²) in [6.07, 6.45) is -3.28. The molecule has 0 spiro atoms. The van der Waals surface area contributed by atoms with E-state index < -0.39 is 11.7 Å². The van der Waals surface area contributed by atoms with E-state index in [-0.39, 0.29) is 11.1 Å². The summed E-state index contributed by atoms with van der Waals surface area (Å²) in [7, 11) is 0. The van der Waals surface area contributed by atoms with Gasteiger partial charge < -0.3 is 0 Å². The predicted octanol–water partition coefficient (Wildman–Crippen LogP) is 3.87. The highest BCUT2D eigenvalue weighted by molar-refractivity contribution is 5.43. The van der Waals surface area contributed by atoms with Gasteiger partial charge in [-0.25, -0.2) is 0 Å². The van der Waals surface area contributed by atoms with Crippen molar-refractivity contribution in [2.24, 2.45) is 0 Å². The minimum Gasteiger partial charge on any atom is -0.192 e. The van der Waals surface area contributed by atoms with Gasteiger partial charge in [0.05, 0.1) is 28.8 Å². The maximum Gasteiger partial charge on any atom is 0.416 e. The molecule has 0 bridgehead atoms. The molecule has 1 rings (SSSR count). The van der Waals surface area contributed by atoms with Gasteiger partial charge in [0.25, 0.3) is 0 Å². The first kappa shape index (κ1) is 15.0. The minimum absolute atomic E-state index is 0.170. The molecule has 0 fully saturated rings. The van der Waals surface area contributed by atoms with Gasteiger partial charge >= 0.3 is 6.18 Å². The third-order valence-corrected chi connectivity index (χ3v) is 1.52. The molecule has 0 aromatic heterocycles. The normalized spacial score (nSPS) is 9.59. The van der Waals surface area contributed by atoms with Crippen molar-refractivity contribution in [1.29, 1.82) is 10.5 Å². The zero-order valence-corrected chi connectivity index (χ0v) is 9.47. The molecule has 0 unspecified atom stereocenters. The summed E-state index contributed by atoms with van der Waals surface area (Å²) < 4.78 is 36.6. The highest BCUT2D eigenvalue weighted by Gasteiger charge is 2.31. The molecule has 1 aromatic rings. The van der Waals surface area contributed by atoms with E-state index in [1.807, 2.05) is 0 Å². The van der Waals surface area contributed by atoms with Gasteiger partial charge in [0.15, 0.2) is 0 Å². The lowest BCUT2D eigenvalue weighted by molar-refractivity contribution is -0.137. The second kappa shape index (κ2) is 6.55. The van der Waals surface area contributed by atoms with Crippen molar-refractivity contribution >= 4 is 0 Å². The third kappa shape index (κ3) is 5.03. The summed E-state index contributed by atoms with van der Waals surface area (Å²) in [5.41, 5.74) is -1.32. The summed E-state index contributed by atoms with van der Waals surface area (Å²) >= 11 is 0. The van der Waals surface area contributed by atoms with Crippen LogP contribution in [0.3, 0.4) is 0 Å². The van der Waals surface area contributed by atoms with Crippen molar-refractivity contribution in [2.45, 2.75) is 26.4 Å². The molecular formula is C12H11F3N2. The fourth-order valence-electron chi connectivity index (χ4n) is 0.920. The quantitative estimate of drug-likeness (QED) is 0.691. The zero-order chi connectivity index (χ0) is 13.5. The van der Waals surface area contributed by atoms with Crippen LogP contribution in [0.15, 0.2) is 18.2 Å². The number of alkyl halides is 3. The van der Waals surface area contributed by atoms with Crippen molar-refractivity contribution in [3.05, 3.63) is 34.9 Å². The number of hydrogen-bond acceptors (Lipinski definition) is 2. The second-order valence-corrected chi connectivity index (χ2v) is 3.23. The molecule has 0 radical (unpaired) electrons. The topological polar surface area (TPSA) is 47.6 Å². The molecule has 0 aliphatic carbocycles. The average Bonchev–Trinajstić information content (AvgIpc) is 2.28. The maximum atomic E-state index is 12.2. The molecule has 0 heterocycles. The van der Waals surface area contributed by atoms with Crippen LogP contribution in [0.25, 0.3) is 0 Å². The monoisotopic (exact) mass is 240 g/mol. The lowest BCUT2D eigenvalue weighted by atomic mass is 10.1. The van der Waals surface area contributed by atoms with Crippen molar-refractivity contribution < 1.29 is 13.2 Å². The van der Waals surface area contributed by atoms with Gasteiger partial charge in [0, 0.05) is 0 Å². The van der Waals surface area contributed by atoms with E-state index in [2.05, 4.69) is 13.8 Å². The molecule has 0 aliphatic heterocycles. The molecule has 0 N–H and O–H groups in total. The number of nitrogens with zero attached hydrogens (tertiary/aromatic N) is 2. The largest absolute Gasteiger partial charge is 0.416 e. The number of nitriles is 2. The van der Waals surface area contributed by atoms with E-state index in [1.165, 1.54) is 6.42 Å². The Morgan fingerprint density at radius 1 is 1.00 bits per heavy atom. The van der Waals surface area contributed by atoms with Gasteiger partial charge in [-0.1, -0.05) is 20.3 Å². The van der Waals surface area contributed by atoms with Gasteiger partial charge in [-0.2, -0.15) is 23.7 Å². The smallest absolute Gasteiger partial charge is 0.192 e. The zero-order valence-electron chi connectivity index (χ0n) is 9.47. The number of halogens is 3. The first-order valence-corrected chi connectivity index (χ1v) is 4.91. The van der Waals surface area contributed by atoms with Crippen LogP contribution in [0.5, 0.6) is 0 Å². The molecule has 0 saturated heterocycles. The van der Waals surface area contributed by atoms with Crippen LogP contribution in [-0.4, -0.2) is 0 Å². The molecule has 0 atom stereocenters. The van der Waals surface area contributed by atoms with Gasteiger partial charge in [-0.3, -0.25) is 0 Å². The Morgan fingerprint density at radius 3 is 1.59 bits per heavy atom. The predicted molar refractivity (Wildman–Crippen MR) is 56.8 cm³/mol. The third-order valence-electron chi connectivity index (χ3n) is 1.52. The van der Waals surface area contributed by atoms with Crippen molar-refractivity contribution in [3.63, 3.8) is 0 Å². The van der Waals surface area contributed by atoms with Crippen molar-refractivity contribution in [1.82, 2.24) is 0 Å². The SMILES string of the molecule is CCC.N#Cc1cc(C#N)cc(C(F)(F)F)c1. The Kier molecular flexibility index (Phi) is 5.77. The summed E-state index contributed by atoms with van der Waals surface area (Å²) in [5, 5.41) is 16.8. The molecule has 0 amide bonds. The summed E-state index contributed by atoms with van der Waals surface area (Å²) in [5.74, 6) is 0. The molecule has 90 valence electrons. The Hall–Kier alpha value is -2.01. The highest BCUT2D eigenvalue weighted by Crippen LogP contribution is 2.30. The van der Waals surface area contributed by atoms with Crippen LogP contribution < -0.4 is 0 Å². The van der Waals surface area contributed by atoms with E-state index >= 15 is 0 Å². The fourth-order valence-corrected chi connectivity index (χ4v) is 0.920. The first-order valence-electron chi connectivity index (χ1n) is 4.91. The first-order chi connectivity index (χ1) is 7.88. The van der Waals surface area contributed by atoms with Gasteiger partial charge in [-0.05, 0) is 18.2 Å². The van der Waals surface area contributed by atoms with Gasteiger partial charge in [-0.15, -0.1) is 0 Å². The Balaban J connectivity index is 0.000000770. The lowest BCUT2D eigenvalue weighted by Crippen LogP contribution is -2.05. The molecule has 1 aromatic carbocycles. The molecule has 0 saturated carbocycles. The van der Waals surface area contributed by atoms with Crippen LogP contribution >= 0.6 is 0 Å². The van der Waals surface area contributed by atoms with Crippen LogP contribution in [0.4, 0.5) is 13.2 Å². The number of benzene rings is 1. The van der Waals surface area contributed by atoms with E-state index in [4.69, 9.17) is 10.5 Å². The fraction of sp³-hybridized carbons (Fsp3) is 0.333. The van der Waals surface area contributed by atoms with Crippen LogP contribution in [-0.2, 0) is 6.18 Å². The van der Waals surface area contributed by atoms with Crippen LogP contribution in [0, 0.1) is 22.7 Å². The van der Waals surface area contributed by atoms with Gasteiger partial charge in [0.2, 0.25) is 0 Å². The molecule has 0 aliphatic rings. The van der Waals surface area contributed by atoms with E-state index in [0.29, 0.717) is 12.1 Å². The van der Waals surface area contributed by atoms with Crippen molar-refractivity contribution in [2.75, 3.05) is 0 Å². The number of hydrogen-bond donors (Lipinski definition) is 0. The van der Waals surface area contributed by atoms with E-state index in [9.17, 15) is 13.2 Å². The summed E-state index contributed by atoms with van der Waals surface area (Å²) in [4.78, 5) is 0. The average molecular weight is 240 g/mol. The lowest BCUT2D eigenvalue weighted by Gasteiger charge is -2.06. The van der Waals surface area contributed by atoms with Crippen LogP contribution in [0.2, 0.25) is 0 Å². The van der Waals surface area contributed by atoms with E-state index in [1.54, 1.807) is 12.1 Å². The Morgan fingerprint density at radius 2 is 1.35 bits per heavy atom. The minimum atomic E-state index is -4.53. The molecule has 2 nitrogen and oxygen atoms in total. The van der Waals surface area contributed by atoms with Gasteiger partial charge in [0.1, 0.15) is 0 Å². The van der Waals surface area contributed by atoms with E-state index in [0.717, 1.165) is 6.07 Å². The second-order valence-electron chi connectivity index (χ2n) is 3.23. The molecular weight excluding hydrogens is 229 g/mol. The van der Waals surface area contributed by atoms with Crippen LogP contribution in [0.1, 0.15) is 37.0 Å². The maximum absolute atomic E-state index is 12.2. The Bertz CT molecular complexity index is 418. The highest BCUT2D eigenvalue weighted by atomic mass is 19.4. The Labute approximate surface area is 97.9 Å². The standard InChI is InChI=1S/C9H3F3N2.C3H8/c10-9(11,12)8-2-6(4-13)1-7(3-8)5-14;1-3-2/h1-3H;3H2,1-2H3. The molecule has 17 heavy (non-hydrogen) atoms. The summed E-state index contributed by atoms with van der Waals surface area (Å²) in [6.45, 7) is 4.25.